The van der Waals surface area contributed by atoms with Gasteiger partial charge in [0.1, 0.15) is 5.82 Å². The molecule has 1 amide bonds. The van der Waals surface area contributed by atoms with Gasteiger partial charge in [-0.3, -0.25) is 15.0 Å². The van der Waals surface area contributed by atoms with Gasteiger partial charge >= 0.3 is 0 Å². The van der Waals surface area contributed by atoms with E-state index in [0.717, 1.165) is 10.6 Å². The number of thiophene rings is 1. The molecule has 0 saturated carbocycles. The van der Waals surface area contributed by atoms with E-state index in [0.29, 0.717) is 17.2 Å². The molecule has 0 bridgehead atoms. The number of amides is 1. The standard InChI is InChI=1S/C13H14N6OS/c1-7(12-16-8(2)17-19-12)15-13(20)9-6-14-18-11(9)10-4-3-5-21-10/h3-7H,1-2H3,(H,14,18)(H,15,20)(H,16,17,19)/t7-/m0/s1. The minimum absolute atomic E-state index is 0.206. The molecule has 3 aromatic heterocycles. The van der Waals surface area contributed by atoms with E-state index < -0.39 is 0 Å². The summed E-state index contributed by atoms with van der Waals surface area (Å²) < 4.78 is 0. The van der Waals surface area contributed by atoms with Crippen LogP contribution in [-0.2, 0) is 0 Å². The number of carbonyl (C=O) groups excluding carboxylic acids is 1. The number of aromatic nitrogens is 5. The predicted molar refractivity (Wildman–Crippen MR) is 78.9 cm³/mol. The SMILES string of the molecule is Cc1nc([C@H](C)NC(=O)c2cn[nH]c2-c2cccs2)n[nH]1. The molecule has 108 valence electrons. The molecule has 1 atom stereocenters. The fourth-order valence-corrected chi connectivity index (χ4v) is 2.69. The first-order valence-electron chi connectivity index (χ1n) is 6.42. The van der Waals surface area contributed by atoms with E-state index in [1.807, 2.05) is 31.4 Å². The fraction of sp³-hybridized carbons (Fsp3) is 0.231. The summed E-state index contributed by atoms with van der Waals surface area (Å²) in [5, 5.41) is 18.5. The van der Waals surface area contributed by atoms with Crippen molar-refractivity contribution in [1.82, 2.24) is 30.7 Å². The average molecular weight is 302 g/mol. The summed E-state index contributed by atoms with van der Waals surface area (Å²) >= 11 is 1.55. The Morgan fingerprint density at radius 3 is 2.95 bits per heavy atom. The van der Waals surface area contributed by atoms with E-state index in [1.165, 1.54) is 6.20 Å². The lowest BCUT2D eigenvalue weighted by molar-refractivity contribution is 0.0939. The van der Waals surface area contributed by atoms with Gasteiger partial charge in [0.15, 0.2) is 5.82 Å². The van der Waals surface area contributed by atoms with Crippen LogP contribution in [0.5, 0.6) is 0 Å². The third-order valence-electron chi connectivity index (χ3n) is 3.00. The van der Waals surface area contributed by atoms with Crippen molar-refractivity contribution in [2.45, 2.75) is 19.9 Å². The lowest BCUT2D eigenvalue weighted by Gasteiger charge is -2.10. The van der Waals surface area contributed by atoms with E-state index in [1.54, 1.807) is 11.3 Å². The monoisotopic (exact) mass is 302 g/mol. The van der Waals surface area contributed by atoms with Gasteiger partial charge in [0.05, 0.1) is 28.4 Å². The minimum atomic E-state index is -0.284. The molecule has 3 aromatic rings. The van der Waals surface area contributed by atoms with E-state index >= 15 is 0 Å². The first-order valence-corrected chi connectivity index (χ1v) is 7.30. The Morgan fingerprint density at radius 1 is 1.43 bits per heavy atom. The van der Waals surface area contributed by atoms with Crippen LogP contribution < -0.4 is 5.32 Å². The second kappa shape index (κ2) is 5.49. The summed E-state index contributed by atoms with van der Waals surface area (Å²) in [5.74, 6) is 1.07. The Hall–Kier alpha value is -2.48. The minimum Gasteiger partial charge on any atom is -0.342 e. The van der Waals surface area contributed by atoms with E-state index in [-0.39, 0.29) is 11.9 Å². The average Bonchev–Trinajstić information content (AvgIpc) is 3.19. The molecule has 3 N–H and O–H groups in total. The van der Waals surface area contributed by atoms with E-state index in [4.69, 9.17) is 0 Å². The summed E-state index contributed by atoms with van der Waals surface area (Å²) in [6.07, 6.45) is 1.53. The maximum atomic E-state index is 12.4. The summed E-state index contributed by atoms with van der Waals surface area (Å²) in [6, 6.07) is 3.59. The van der Waals surface area contributed by atoms with Crippen LogP contribution in [0.1, 0.15) is 35.0 Å². The highest BCUT2D eigenvalue weighted by molar-refractivity contribution is 7.13. The largest absolute Gasteiger partial charge is 0.342 e. The van der Waals surface area contributed by atoms with Crippen LogP contribution >= 0.6 is 11.3 Å². The Balaban J connectivity index is 1.79. The molecule has 0 fully saturated rings. The number of aryl methyl sites for hydroxylation is 1. The van der Waals surface area contributed by atoms with Gasteiger partial charge in [0.25, 0.3) is 5.91 Å². The molecule has 0 aliphatic heterocycles. The summed E-state index contributed by atoms with van der Waals surface area (Å²) in [6.45, 7) is 3.65. The molecule has 3 rings (SSSR count). The number of rotatable bonds is 4. The van der Waals surface area contributed by atoms with Crippen LogP contribution in [0.2, 0.25) is 0 Å². The lowest BCUT2D eigenvalue weighted by atomic mass is 10.2. The Morgan fingerprint density at radius 2 is 2.29 bits per heavy atom. The van der Waals surface area contributed by atoms with Gasteiger partial charge in [0.2, 0.25) is 0 Å². The van der Waals surface area contributed by atoms with E-state index in [2.05, 4.69) is 30.7 Å². The Labute approximate surface area is 124 Å². The van der Waals surface area contributed by atoms with Gasteiger partial charge in [-0.15, -0.1) is 11.3 Å². The molecule has 21 heavy (non-hydrogen) atoms. The van der Waals surface area contributed by atoms with Gasteiger partial charge < -0.3 is 5.32 Å². The number of aromatic amines is 2. The smallest absolute Gasteiger partial charge is 0.255 e. The second-order valence-electron chi connectivity index (χ2n) is 4.61. The van der Waals surface area contributed by atoms with Gasteiger partial charge in [-0.25, -0.2) is 4.98 Å². The van der Waals surface area contributed by atoms with E-state index in [9.17, 15) is 4.79 Å². The van der Waals surface area contributed by atoms with Crippen molar-refractivity contribution in [1.29, 1.82) is 0 Å². The molecule has 0 aliphatic carbocycles. The molecule has 3 heterocycles. The van der Waals surface area contributed by atoms with Gasteiger partial charge in [-0.2, -0.15) is 10.2 Å². The molecule has 0 aliphatic rings. The number of carbonyl (C=O) groups is 1. The van der Waals surface area contributed by atoms with Crippen LogP contribution in [0.15, 0.2) is 23.7 Å². The summed E-state index contributed by atoms with van der Waals surface area (Å²) in [4.78, 5) is 17.6. The molecule has 0 radical (unpaired) electrons. The van der Waals surface area contributed by atoms with Crippen LogP contribution in [0.3, 0.4) is 0 Å². The highest BCUT2D eigenvalue weighted by Crippen LogP contribution is 2.26. The van der Waals surface area contributed by atoms with Crippen molar-refractivity contribution in [3.63, 3.8) is 0 Å². The Bertz CT molecular complexity index is 744. The van der Waals surface area contributed by atoms with Crippen molar-refractivity contribution in [2.24, 2.45) is 0 Å². The van der Waals surface area contributed by atoms with Crippen LogP contribution in [0.25, 0.3) is 10.6 Å². The lowest BCUT2D eigenvalue weighted by Crippen LogP contribution is -2.27. The summed E-state index contributed by atoms with van der Waals surface area (Å²) in [7, 11) is 0. The van der Waals surface area contributed by atoms with Crippen molar-refractivity contribution >= 4 is 17.2 Å². The second-order valence-corrected chi connectivity index (χ2v) is 5.56. The molecule has 7 nitrogen and oxygen atoms in total. The molecule has 0 spiro atoms. The molecule has 0 unspecified atom stereocenters. The molecule has 8 heteroatoms. The number of nitrogens with zero attached hydrogens (tertiary/aromatic N) is 3. The molecular weight excluding hydrogens is 288 g/mol. The van der Waals surface area contributed by atoms with Crippen molar-refractivity contribution < 1.29 is 4.79 Å². The predicted octanol–water partition coefficient (Wildman–Crippen LogP) is 2.06. The number of hydrogen-bond acceptors (Lipinski definition) is 5. The zero-order chi connectivity index (χ0) is 14.8. The third-order valence-corrected chi connectivity index (χ3v) is 3.89. The van der Waals surface area contributed by atoms with Gasteiger partial charge in [0, 0.05) is 0 Å². The zero-order valence-electron chi connectivity index (χ0n) is 11.5. The van der Waals surface area contributed by atoms with Gasteiger partial charge in [-0.1, -0.05) is 6.07 Å². The molecular formula is C13H14N6OS. The maximum Gasteiger partial charge on any atom is 0.255 e. The topological polar surface area (TPSA) is 99.3 Å². The van der Waals surface area contributed by atoms with Crippen LogP contribution in [-0.4, -0.2) is 31.3 Å². The van der Waals surface area contributed by atoms with Crippen molar-refractivity contribution in [2.75, 3.05) is 0 Å². The molecule has 0 aromatic carbocycles. The zero-order valence-corrected chi connectivity index (χ0v) is 12.4. The maximum absolute atomic E-state index is 12.4. The highest BCUT2D eigenvalue weighted by atomic mass is 32.1. The van der Waals surface area contributed by atoms with Crippen molar-refractivity contribution in [3.05, 3.63) is 40.9 Å². The Kier molecular flexibility index (Phi) is 3.53. The number of nitrogens with one attached hydrogen (secondary N) is 3. The van der Waals surface area contributed by atoms with Crippen molar-refractivity contribution in [3.8, 4) is 10.6 Å². The first kappa shape index (κ1) is 13.5. The number of hydrogen-bond donors (Lipinski definition) is 3. The highest BCUT2D eigenvalue weighted by Gasteiger charge is 2.19. The number of H-pyrrole nitrogens is 2. The fourth-order valence-electron chi connectivity index (χ4n) is 1.96. The third kappa shape index (κ3) is 2.70. The normalized spacial score (nSPS) is 12.3. The van der Waals surface area contributed by atoms with Crippen LogP contribution in [0, 0.1) is 6.92 Å². The first-order chi connectivity index (χ1) is 10.1. The van der Waals surface area contributed by atoms with Crippen LogP contribution in [0.4, 0.5) is 0 Å². The molecule has 0 saturated heterocycles. The summed E-state index contributed by atoms with van der Waals surface area (Å²) in [5.41, 5.74) is 1.23. The quantitative estimate of drug-likeness (QED) is 0.687. The van der Waals surface area contributed by atoms with Gasteiger partial charge in [-0.05, 0) is 25.3 Å².